The van der Waals surface area contributed by atoms with Crippen LogP contribution in [0.25, 0.3) is 16.8 Å². The van der Waals surface area contributed by atoms with E-state index in [0.29, 0.717) is 24.0 Å². The largest absolute Gasteiger partial charge is 0.545 e. The van der Waals surface area contributed by atoms with E-state index in [1.807, 2.05) is 43.6 Å². The van der Waals surface area contributed by atoms with E-state index in [4.69, 9.17) is 4.74 Å². The number of hydrogen-bond donors (Lipinski definition) is 0. The lowest BCUT2D eigenvalue weighted by atomic mass is 9.86. The molecular formula is C31H34N5O3-. The smallest absolute Gasteiger partial charge is 0.120 e. The third-order valence-corrected chi connectivity index (χ3v) is 8.36. The molecule has 0 saturated heterocycles. The number of aryl methyl sites for hydroxylation is 1. The van der Waals surface area contributed by atoms with Crippen LogP contribution >= 0.6 is 0 Å². The van der Waals surface area contributed by atoms with E-state index in [1.54, 1.807) is 9.36 Å². The van der Waals surface area contributed by atoms with Crippen molar-refractivity contribution in [1.29, 1.82) is 0 Å². The molecule has 2 aromatic heterocycles. The number of aromatic nitrogens is 5. The molecule has 2 aliphatic rings. The Labute approximate surface area is 228 Å². The maximum absolute atomic E-state index is 11.9. The van der Waals surface area contributed by atoms with Crippen LogP contribution in [0.2, 0.25) is 0 Å². The van der Waals surface area contributed by atoms with Crippen LogP contribution < -0.4 is 9.84 Å². The summed E-state index contributed by atoms with van der Waals surface area (Å²) in [5, 5.41) is 24.7. The monoisotopic (exact) mass is 524 g/mol. The summed E-state index contributed by atoms with van der Waals surface area (Å²) in [5.41, 5.74) is 4.62. The number of carbonyl (C=O) groups is 1. The van der Waals surface area contributed by atoms with Gasteiger partial charge in [0.25, 0.3) is 0 Å². The normalized spacial score (nSPS) is 20.1. The first-order valence-electron chi connectivity index (χ1n) is 14.0. The molecule has 0 amide bonds. The molecule has 1 unspecified atom stereocenters. The molecule has 2 saturated carbocycles. The van der Waals surface area contributed by atoms with Gasteiger partial charge in [0.05, 0.1) is 35.3 Å². The molecule has 0 radical (unpaired) electrons. The highest BCUT2D eigenvalue weighted by Gasteiger charge is 2.41. The van der Waals surface area contributed by atoms with Crippen molar-refractivity contribution in [2.45, 2.75) is 63.9 Å². The number of carbonyl (C=O) groups excluding carboxylic acids is 1. The summed E-state index contributed by atoms with van der Waals surface area (Å²) in [4.78, 5) is 11.9. The molecule has 2 fully saturated rings. The Bertz CT molecular complexity index is 1470. The first-order chi connectivity index (χ1) is 19.0. The van der Waals surface area contributed by atoms with Crippen molar-refractivity contribution in [3.63, 3.8) is 0 Å². The van der Waals surface area contributed by atoms with Gasteiger partial charge in [0.1, 0.15) is 5.75 Å². The minimum absolute atomic E-state index is 0.136. The third-order valence-electron chi connectivity index (χ3n) is 8.36. The number of benzene rings is 2. The molecular weight excluding hydrogens is 490 g/mol. The van der Waals surface area contributed by atoms with Crippen LogP contribution in [0.15, 0.2) is 60.9 Å². The van der Waals surface area contributed by atoms with E-state index in [9.17, 15) is 9.90 Å². The van der Waals surface area contributed by atoms with Gasteiger partial charge in [-0.3, -0.25) is 4.68 Å². The molecule has 3 atom stereocenters. The Morgan fingerprint density at radius 1 is 1.10 bits per heavy atom. The number of ether oxygens (including phenoxy) is 1. The highest BCUT2D eigenvalue weighted by molar-refractivity contribution is 5.87. The highest BCUT2D eigenvalue weighted by Crippen LogP contribution is 2.48. The van der Waals surface area contributed by atoms with Gasteiger partial charge >= 0.3 is 0 Å². The van der Waals surface area contributed by atoms with E-state index in [1.165, 1.54) is 38.3 Å². The van der Waals surface area contributed by atoms with Gasteiger partial charge in [-0.2, -0.15) is 5.10 Å². The zero-order valence-electron chi connectivity index (χ0n) is 22.5. The topological polar surface area (TPSA) is 97.9 Å². The summed E-state index contributed by atoms with van der Waals surface area (Å²) in [6, 6.07) is 16.2. The van der Waals surface area contributed by atoms with Crippen LogP contribution in [0, 0.1) is 11.8 Å². The van der Waals surface area contributed by atoms with Gasteiger partial charge in [-0.15, -0.1) is 5.10 Å². The van der Waals surface area contributed by atoms with Gasteiger partial charge < -0.3 is 14.6 Å². The first kappa shape index (κ1) is 25.3. The number of aromatic carboxylic acids is 1. The molecule has 2 aromatic carbocycles. The Balaban J connectivity index is 1.24. The molecule has 8 nitrogen and oxygen atoms in total. The Morgan fingerprint density at radius 2 is 1.87 bits per heavy atom. The molecule has 0 spiro atoms. The lowest BCUT2D eigenvalue weighted by Gasteiger charge is -2.28. The molecule has 0 N–H and O–H groups in total. The molecule has 4 aromatic rings. The predicted molar refractivity (Wildman–Crippen MR) is 146 cm³/mol. The van der Waals surface area contributed by atoms with Crippen molar-refractivity contribution in [1.82, 2.24) is 24.8 Å². The predicted octanol–water partition coefficient (Wildman–Crippen LogP) is 4.73. The molecule has 0 bridgehead atoms. The summed E-state index contributed by atoms with van der Waals surface area (Å²) in [7, 11) is 1.85. The summed E-state index contributed by atoms with van der Waals surface area (Å²) in [6.45, 7) is 2.19. The van der Waals surface area contributed by atoms with Crippen LogP contribution in [0.4, 0.5) is 0 Å². The fourth-order valence-corrected chi connectivity index (χ4v) is 6.06. The average molecular weight is 525 g/mol. The van der Waals surface area contributed by atoms with Crippen molar-refractivity contribution >= 4 is 5.97 Å². The minimum Gasteiger partial charge on any atom is -0.545 e. The Kier molecular flexibility index (Phi) is 6.94. The molecule has 202 valence electrons. The van der Waals surface area contributed by atoms with Gasteiger partial charge in [0.15, 0.2) is 0 Å². The van der Waals surface area contributed by atoms with E-state index >= 15 is 0 Å². The standard InChI is InChI=1S/C31H35N5O3/c1-20(21-8-4-3-5-9-21)39-26-13-7-11-23(15-26)22-10-6-12-25(14-22)36-30(28(18-32-36)31(37)38)17-24-16-27(24)29-19-35(2)34-33-29/h6-7,10-15,18-21,24,27H,3-5,8-9,16-17H2,1-2H3,(H,37,38)/p-1/t20-,24?,27+/m0/s1. The van der Waals surface area contributed by atoms with Gasteiger partial charge in [0.2, 0.25) is 0 Å². The molecule has 39 heavy (non-hydrogen) atoms. The third kappa shape index (κ3) is 5.46. The molecule has 6 rings (SSSR count). The summed E-state index contributed by atoms with van der Waals surface area (Å²) in [6.07, 6.45) is 11.4. The van der Waals surface area contributed by atoms with Crippen LogP contribution in [0.5, 0.6) is 5.75 Å². The zero-order valence-corrected chi connectivity index (χ0v) is 22.5. The first-order valence-corrected chi connectivity index (χ1v) is 14.0. The van der Waals surface area contributed by atoms with Crippen molar-refractivity contribution in [2.75, 3.05) is 0 Å². The number of carboxylic acids is 1. The van der Waals surface area contributed by atoms with Crippen LogP contribution in [-0.4, -0.2) is 36.8 Å². The quantitative estimate of drug-likeness (QED) is 0.314. The number of carboxylic acid groups (broad SMARTS) is 1. The zero-order chi connectivity index (χ0) is 26.9. The van der Waals surface area contributed by atoms with E-state index in [-0.39, 0.29) is 17.6 Å². The molecule has 2 heterocycles. The van der Waals surface area contributed by atoms with E-state index in [2.05, 4.69) is 40.5 Å². The van der Waals surface area contributed by atoms with Gasteiger partial charge in [-0.25, -0.2) is 4.68 Å². The Morgan fingerprint density at radius 3 is 2.62 bits per heavy atom. The second kappa shape index (κ2) is 10.7. The number of nitrogens with zero attached hydrogens (tertiary/aromatic N) is 5. The lowest BCUT2D eigenvalue weighted by Crippen LogP contribution is -2.25. The lowest BCUT2D eigenvalue weighted by molar-refractivity contribution is -0.255. The second-order valence-corrected chi connectivity index (χ2v) is 11.1. The molecule has 0 aliphatic heterocycles. The van der Waals surface area contributed by atoms with Crippen LogP contribution in [-0.2, 0) is 13.5 Å². The van der Waals surface area contributed by atoms with Crippen molar-refractivity contribution in [2.24, 2.45) is 18.9 Å². The fourth-order valence-electron chi connectivity index (χ4n) is 6.06. The minimum atomic E-state index is -1.21. The molecule has 8 heteroatoms. The van der Waals surface area contributed by atoms with Crippen molar-refractivity contribution in [3.05, 3.63) is 77.9 Å². The SMILES string of the molecule is C[C@H](Oc1cccc(-c2cccc(-n3ncc(C(=O)[O-])c3CC3C[C@H]3c3cn(C)nn3)c2)c1)C1CCCCC1. The van der Waals surface area contributed by atoms with E-state index in [0.717, 1.165) is 34.7 Å². The summed E-state index contributed by atoms with van der Waals surface area (Å²) < 4.78 is 9.82. The number of rotatable bonds is 9. The second-order valence-electron chi connectivity index (χ2n) is 11.1. The van der Waals surface area contributed by atoms with Crippen molar-refractivity contribution in [3.8, 4) is 22.6 Å². The maximum Gasteiger partial charge on any atom is 0.120 e. The van der Waals surface area contributed by atoms with Crippen molar-refractivity contribution < 1.29 is 14.6 Å². The highest BCUT2D eigenvalue weighted by atomic mass is 16.5. The average Bonchev–Trinajstić information content (AvgIpc) is 3.36. The van der Waals surface area contributed by atoms with Gasteiger partial charge in [-0.05, 0) is 79.8 Å². The Hall–Kier alpha value is -3.94. The van der Waals surface area contributed by atoms with Crippen LogP contribution in [0.3, 0.4) is 0 Å². The maximum atomic E-state index is 11.9. The fraction of sp³-hybridized carbons (Fsp3) is 0.419. The van der Waals surface area contributed by atoms with Crippen LogP contribution in [0.1, 0.15) is 73.1 Å². The molecule has 2 aliphatic carbocycles. The summed E-state index contributed by atoms with van der Waals surface area (Å²) >= 11 is 0. The number of hydrogen-bond acceptors (Lipinski definition) is 6. The van der Waals surface area contributed by atoms with Gasteiger partial charge in [-0.1, -0.05) is 48.7 Å². The van der Waals surface area contributed by atoms with E-state index < -0.39 is 5.97 Å². The van der Waals surface area contributed by atoms with Gasteiger partial charge in [0, 0.05) is 24.7 Å². The summed E-state index contributed by atoms with van der Waals surface area (Å²) in [5.74, 6) is 0.849.